The van der Waals surface area contributed by atoms with Crippen LogP contribution in [0.3, 0.4) is 0 Å². The van der Waals surface area contributed by atoms with E-state index in [-0.39, 0.29) is 42.9 Å². The van der Waals surface area contributed by atoms with Gasteiger partial charge in [0.2, 0.25) is 5.95 Å². The van der Waals surface area contributed by atoms with Gasteiger partial charge in [-0.2, -0.15) is 18.2 Å². The summed E-state index contributed by atoms with van der Waals surface area (Å²) < 4.78 is 52.2. The second kappa shape index (κ2) is 11.3. The Bertz CT molecular complexity index is 1100. The average molecular weight is 500 g/mol. The van der Waals surface area contributed by atoms with Gasteiger partial charge in [0.1, 0.15) is 18.4 Å². The average Bonchev–Trinajstić information content (AvgIpc) is 2.80. The largest absolute Gasteiger partial charge is 0.465 e. The van der Waals surface area contributed by atoms with E-state index in [0.717, 1.165) is 4.90 Å². The summed E-state index contributed by atoms with van der Waals surface area (Å²) in [5.74, 6) is -0.684. The minimum absolute atomic E-state index is 0.0505. The Labute approximate surface area is 198 Å². The van der Waals surface area contributed by atoms with Crippen molar-refractivity contribution in [2.45, 2.75) is 45.1 Å². The molecule has 4 heterocycles. The van der Waals surface area contributed by atoms with Gasteiger partial charge in [-0.15, -0.1) is 0 Å². The van der Waals surface area contributed by atoms with Crippen molar-refractivity contribution in [3.63, 3.8) is 0 Å². The number of fused-ring (bicyclic) bond motifs is 1. The Balaban J connectivity index is 0.000000420. The molecule has 1 fully saturated rings. The van der Waals surface area contributed by atoms with Gasteiger partial charge in [0, 0.05) is 31.4 Å². The lowest BCUT2D eigenvalue weighted by Gasteiger charge is -2.39. The lowest BCUT2D eigenvalue weighted by molar-refractivity contribution is -0.155. The SMILES string of the molecule is CCOC(=O)CN1c2nc(N3CCOC[C@H]3C)cc(=O)n2CC[C@H]1C(F)(F)F.O=c1ccnc[nH]1. The number of carbonyl (C=O) groups excluding carboxylic acids is 1. The first kappa shape index (κ1) is 26.2. The molecule has 0 bridgehead atoms. The van der Waals surface area contributed by atoms with Crippen molar-refractivity contribution < 1.29 is 27.4 Å². The van der Waals surface area contributed by atoms with E-state index in [1.165, 1.54) is 29.2 Å². The predicted octanol–water partition coefficient (Wildman–Crippen LogP) is 0.942. The van der Waals surface area contributed by atoms with E-state index in [0.29, 0.717) is 19.8 Å². The number of anilines is 2. The third-order valence-corrected chi connectivity index (χ3v) is 5.47. The molecule has 2 aromatic rings. The Kier molecular flexibility index (Phi) is 8.48. The molecule has 0 aliphatic carbocycles. The van der Waals surface area contributed by atoms with Crippen molar-refractivity contribution in [2.24, 2.45) is 0 Å². The molecular weight excluding hydrogens is 473 g/mol. The second-order valence-electron chi connectivity index (χ2n) is 7.90. The maximum atomic E-state index is 13.6. The molecule has 2 aliphatic rings. The molecule has 1 N–H and O–H groups in total. The van der Waals surface area contributed by atoms with Crippen molar-refractivity contribution in [1.82, 2.24) is 19.5 Å². The highest BCUT2D eigenvalue weighted by Crippen LogP contribution is 2.34. The van der Waals surface area contributed by atoms with Crippen LogP contribution in [0.15, 0.2) is 34.2 Å². The number of nitrogens with zero attached hydrogens (tertiary/aromatic N) is 5. The zero-order valence-corrected chi connectivity index (χ0v) is 19.3. The maximum Gasteiger partial charge on any atom is 0.408 e. The quantitative estimate of drug-likeness (QED) is 0.611. The van der Waals surface area contributed by atoms with Crippen LogP contribution in [0.25, 0.3) is 0 Å². The minimum atomic E-state index is -4.57. The van der Waals surface area contributed by atoms with E-state index in [1.54, 1.807) is 6.92 Å². The number of nitrogens with one attached hydrogen (secondary N) is 1. The van der Waals surface area contributed by atoms with E-state index >= 15 is 0 Å². The molecular formula is C21H27F3N6O5. The van der Waals surface area contributed by atoms with E-state index < -0.39 is 30.3 Å². The molecule has 2 atom stereocenters. The van der Waals surface area contributed by atoms with Crippen LogP contribution in [0.5, 0.6) is 0 Å². The first-order valence-electron chi connectivity index (χ1n) is 11.1. The van der Waals surface area contributed by atoms with Gasteiger partial charge >= 0.3 is 12.1 Å². The molecule has 35 heavy (non-hydrogen) atoms. The van der Waals surface area contributed by atoms with Gasteiger partial charge in [-0.05, 0) is 20.3 Å². The summed E-state index contributed by atoms with van der Waals surface area (Å²) in [5, 5.41) is 0. The fourth-order valence-electron chi connectivity index (χ4n) is 3.84. The summed E-state index contributed by atoms with van der Waals surface area (Å²) in [4.78, 5) is 47.7. The molecule has 192 valence electrons. The number of morpholine rings is 1. The Morgan fingerprint density at radius 1 is 1.31 bits per heavy atom. The lowest BCUT2D eigenvalue weighted by atomic mass is 10.1. The zero-order valence-electron chi connectivity index (χ0n) is 19.3. The van der Waals surface area contributed by atoms with E-state index in [1.807, 2.05) is 11.8 Å². The van der Waals surface area contributed by atoms with Gasteiger partial charge in [-0.1, -0.05) is 0 Å². The number of alkyl halides is 3. The Hall–Kier alpha value is -3.42. The normalized spacial score (nSPS) is 19.9. The number of hydrogen-bond donors (Lipinski definition) is 1. The van der Waals surface area contributed by atoms with E-state index in [4.69, 9.17) is 9.47 Å². The van der Waals surface area contributed by atoms with Crippen LogP contribution in [0.2, 0.25) is 0 Å². The van der Waals surface area contributed by atoms with Crippen LogP contribution in [0.4, 0.5) is 24.9 Å². The number of esters is 1. The fourth-order valence-corrected chi connectivity index (χ4v) is 3.84. The van der Waals surface area contributed by atoms with E-state index in [2.05, 4.69) is 15.0 Å². The molecule has 11 nitrogen and oxygen atoms in total. The summed E-state index contributed by atoms with van der Waals surface area (Å²) >= 11 is 0. The highest BCUT2D eigenvalue weighted by molar-refractivity contribution is 5.75. The molecule has 0 spiro atoms. The number of hydrogen-bond acceptors (Lipinski definition) is 9. The Morgan fingerprint density at radius 2 is 2.09 bits per heavy atom. The number of carbonyl (C=O) groups is 1. The number of rotatable bonds is 4. The smallest absolute Gasteiger partial charge is 0.408 e. The van der Waals surface area contributed by atoms with Gasteiger partial charge in [-0.25, -0.2) is 4.98 Å². The minimum Gasteiger partial charge on any atom is -0.465 e. The van der Waals surface area contributed by atoms with Crippen LogP contribution in [0.1, 0.15) is 20.3 Å². The molecule has 2 aromatic heterocycles. The van der Waals surface area contributed by atoms with Crippen LogP contribution >= 0.6 is 0 Å². The molecule has 0 amide bonds. The van der Waals surface area contributed by atoms with Gasteiger partial charge in [0.05, 0.1) is 32.2 Å². The van der Waals surface area contributed by atoms with Crippen LogP contribution < -0.4 is 20.9 Å². The van der Waals surface area contributed by atoms with Crippen molar-refractivity contribution in [1.29, 1.82) is 0 Å². The highest BCUT2D eigenvalue weighted by Gasteiger charge is 2.47. The summed E-state index contributed by atoms with van der Waals surface area (Å²) in [5.41, 5.74) is -0.567. The molecule has 0 unspecified atom stereocenters. The maximum absolute atomic E-state index is 13.6. The van der Waals surface area contributed by atoms with Crippen molar-refractivity contribution >= 4 is 17.7 Å². The molecule has 0 radical (unpaired) electrons. The summed E-state index contributed by atoms with van der Waals surface area (Å²) in [6, 6.07) is 0.687. The number of halogens is 3. The summed E-state index contributed by atoms with van der Waals surface area (Å²) in [6.45, 7) is 4.08. The van der Waals surface area contributed by atoms with Crippen LogP contribution in [-0.4, -0.2) is 76.7 Å². The second-order valence-corrected chi connectivity index (χ2v) is 7.90. The standard InChI is InChI=1S/C17H23F3N4O4.C4H4N2O/c1-3-28-15(26)9-24-12(17(18,19)20)4-5-23-14(25)8-13(21-16(23)24)22-6-7-27-10-11(22)2;7-4-1-2-5-3-6-4/h8,11-12H,3-7,9-10H2,1-2H3;1-3H,(H,5,6,7)/t11-,12+;/m1./s1. The zero-order chi connectivity index (χ0) is 25.6. The number of H-pyrrole nitrogens is 1. The van der Waals surface area contributed by atoms with E-state index in [9.17, 15) is 27.6 Å². The molecule has 0 aromatic carbocycles. The number of ether oxygens (including phenoxy) is 2. The molecule has 2 aliphatic heterocycles. The van der Waals surface area contributed by atoms with Crippen molar-refractivity contribution in [2.75, 3.05) is 42.7 Å². The first-order valence-corrected chi connectivity index (χ1v) is 11.1. The number of aromatic nitrogens is 4. The van der Waals surface area contributed by atoms with Crippen LogP contribution in [-0.2, 0) is 20.8 Å². The highest BCUT2D eigenvalue weighted by atomic mass is 19.4. The molecule has 0 saturated carbocycles. The molecule has 14 heteroatoms. The van der Waals surface area contributed by atoms with Crippen LogP contribution in [0, 0.1) is 0 Å². The Morgan fingerprint density at radius 3 is 2.66 bits per heavy atom. The topological polar surface area (TPSA) is 123 Å². The summed E-state index contributed by atoms with van der Waals surface area (Å²) in [7, 11) is 0. The molecule has 1 saturated heterocycles. The lowest BCUT2D eigenvalue weighted by Crippen LogP contribution is -2.54. The monoisotopic (exact) mass is 500 g/mol. The van der Waals surface area contributed by atoms with Crippen molar-refractivity contribution in [3.8, 4) is 0 Å². The fraction of sp³-hybridized carbons (Fsp3) is 0.571. The predicted molar refractivity (Wildman–Crippen MR) is 119 cm³/mol. The van der Waals surface area contributed by atoms with Gasteiger partial charge in [0.25, 0.3) is 11.1 Å². The van der Waals surface area contributed by atoms with Gasteiger partial charge in [0.15, 0.2) is 0 Å². The third kappa shape index (κ3) is 6.59. The van der Waals surface area contributed by atoms with Gasteiger partial charge < -0.3 is 24.3 Å². The summed E-state index contributed by atoms with van der Waals surface area (Å²) in [6.07, 6.45) is -2.12. The third-order valence-electron chi connectivity index (χ3n) is 5.47. The molecule has 4 rings (SSSR count). The van der Waals surface area contributed by atoms with Crippen molar-refractivity contribution in [3.05, 3.63) is 45.4 Å². The van der Waals surface area contributed by atoms with Gasteiger partial charge in [-0.3, -0.25) is 19.0 Å². The number of aromatic amines is 1. The first-order chi connectivity index (χ1) is 16.6.